The average molecular weight is 250 g/mol. The SMILES string of the molecule is C=C(C)C(=O)OOC.CC(O)COC(C)CO. The van der Waals surface area contributed by atoms with Crippen LogP contribution in [-0.2, 0) is 19.3 Å². The minimum absolute atomic E-state index is 0.00667. The summed E-state index contributed by atoms with van der Waals surface area (Å²) in [7, 11) is 1.26. The van der Waals surface area contributed by atoms with Crippen LogP contribution in [0.15, 0.2) is 12.2 Å². The van der Waals surface area contributed by atoms with E-state index in [9.17, 15) is 4.79 Å². The van der Waals surface area contributed by atoms with Crippen LogP contribution in [0, 0.1) is 0 Å². The molecular formula is C11H22O6. The van der Waals surface area contributed by atoms with Gasteiger partial charge in [-0.1, -0.05) is 6.58 Å². The van der Waals surface area contributed by atoms with Gasteiger partial charge in [-0.3, -0.25) is 4.89 Å². The number of aliphatic hydroxyl groups is 2. The molecule has 0 amide bonds. The van der Waals surface area contributed by atoms with Gasteiger partial charge < -0.3 is 14.9 Å². The third-order valence-electron chi connectivity index (χ3n) is 1.39. The Hall–Kier alpha value is -0.950. The maximum Gasteiger partial charge on any atom is 0.368 e. The van der Waals surface area contributed by atoms with Crippen molar-refractivity contribution in [3.8, 4) is 0 Å². The van der Waals surface area contributed by atoms with Gasteiger partial charge in [-0.2, -0.15) is 4.89 Å². The van der Waals surface area contributed by atoms with Crippen LogP contribution in [0.1, 0.15) is 20.8 Å². The van der Waals surface area contributed by atoms with Crippen LogP contribution in [0.3, 0.4) is 0 Å². The van der Waals surface area contributed by atoms with Crippen LogP contribution in [0.25, 0.3) is 0 Å². The van der Waals surface area contributed by atoms with Crippen molar-refractivity contribution >= 4 is 5.97 Å². The van der Waals surface area contributed by atoms with Crippen molar-refractivity contribution in [1.29, 1.82) is 0 Å². The van der Waals surface area contributed by atoms with Crippen LogP contribution in [-0.4, -0.2) is 48.7 Å². The van der Waals surface area contributed by atoms with Gasteiger partial charge in [0.1, 0.15) is 0 Å². The molecule has 0 aliphatic rings. The van der Waals surface area contributed by atoms with Crippen molar-refractivity contribution in [2.75, 3.05) is 20.3 Å². The van der Waals surface area contributed by atoms with Crippen molar-refractivity contribution in [2.24, 2.45) is 0 Å². The molecule has 17 heavy (non-hydrogen) atoms. The van der Waals surface area contributed by atoms with Crippen molar-refractivity contribution in [2.45, 2.75) is 33.0 Å². The number of carbonyl (C=O) groups excluding carboxylic acids is 1. The summed E-state index contributed by atoms with van der Waals surface area (Å²) in [4.78, 5) is 18.4. The smallest absolute Gasteiger partial charge is 0.368 e. The Labute approximate surface area is 102 Å². The summed E-state index contributed by atoms with van der Waals surface area (Å²) in [6.45, 7) is 8.56. The molecule has 0 rings (SSSR count). The second-order valence-corrected chi connectivity index (χ2v) is 3.49. The number of carbonyl (C=O) groups is 1. The van der Waals surface area contributed by atoms with Crippen LogP contribution in [0.2, 0.25) is 0 Å². The average Bonchev–Trinajstić information content (AvgIpc) is 2.26. The molecule has 2 N–H and O–H groups in total. The third-order valence-corrected chi connectivity index (χ3v) is 1.39. The second kappa shape index (κ2) is 11.5. The molecule has 2 atom stereocenters. The highest BCUT2D eigenvalue weighted by Crippen LogP contribution is 1.90. The monoisotopic (exact) mass is 250 g/mol. The van der Waals surface area contributed by atoms with E-state index >= 15 is 0 Å². The van der Waals surface area contributed by atoms with Gasteiger partial charge in [-0.15, -0.1) is 0 Å². The van der Waals surface area contributed by atoms with E-state index in [0.717, 1.165) is 0 Å². The molecule has 0 fully saturated rings. The summed E-state index contributed by atoms with van der Waals surface area (Å²) in [5, 5.41) is 17.1. The largest absolute Gasteiger partial charge is 0.394 e. The van der Waals surface area contributed by atoms with E-state index in [0.29, 0.717) is 12.2 Å². The summed E-state index contributed by atoms with van der Waals surface area (Å²) in [5.41, 5.74) is 0.326. The van der Waals surface area contributed by atoms with Gasteiger partial charge in [0.05, 0.1) is 32.5 Å². The Morgan fingerprint density at radius 3 is 2.18 bits per heavy atom. The Morgan fingerprint density at radius 2 is 1.94 bits per heavy atom. The van der Waals surface area contributed by atoms with Gasteiger partial charge >= 0.3 is 5.97 Å². The molecule has 0 aromatic rings. The quantitative estimate of drug-likeness (QED) is 0.404. The first kappa shape index (κ1) is 18.4. The van der Waals surface area contributed by atoms with Gasteiger partial charge in [0.2, 0.25) is 0 Å². The van der Waals surface area contributed by atoms with E-state index < -0.39 is 12.1 Å². The number of ether oxygens (including phenoxy) is 1. The van der Waals surface area contributed by atoms with E-state index in [1.165, 1.54) is 7.11 Å². The van der Waals surface area contributed by atoms with Crippen LogP contribution in [0.4, 0.5) is 0 Å². The zero-order valence-corrected chi connectivity index (χ0v) is 10.8. The van der Waals surface area contributed by atoms with Gasteiger partial charge in [0.25, 0.3) is 0 Å². The minimum Gasteiger partial charge on any atom is -0.394 e. The molecule has 6 nitrogen and oxygen atoms in total. The summed E-state index contributed by atoms with van der Waals surface area (Å²) >= 11 is 0. The minimum atomic E-state index is -0.535. The van der Waals surface area contributed by atoms with Gasteiger partial charge in [0.15, 0.2) is 0 Å². The number of aliphatic hydroxyl groups excluding tert-OH is 2. The number of hydrogen-bond acceptors (Lipinski definition) is 6. The lowest BCUT2D eigenvalue weighted by Gasteiger charge is -2.10. The summed E-state index contributed by atoms with van der Waals surface area (Å²) in [6, 6.07) is 0. The molecule has 0 aliphatic heterocycles. The lowest BCUT2D eigenvalue weighted by Crippen LogP contribution is -2.19. The van der Waals surface area contributed by atoms with E-state index in [-0.39, 0.29) is 12.7 Å². The molecule has 2 unspecified atom stereocenters. The van der Waals surface area contributed by atoms with Crippen molar-refractivity contribution < 1.29 is 29.5 Å². The van der Waals surface area contributed by atoms with E-state index in [1.54, 1.807) is 20.8 Å². The first-order chi connectivity index (χ1) is 7.84. The van der Waals surface area contributed by atoms with Crippen molar-refractivity contribution in [1.82, 2.24) is 0 Å². The molecular weight excluding hydrogens is 228 g/mol. The normalized spacial score (nSPS) is 13.1. The van der Waals surface area contributed by atoms with Crippen LogP contribution < -0.4 is 0 Å². The van der Waals surface area contributed by atoms with Crippen LogP contribution >= 0.6 is 0 Å². The topological polar surface area (TPSA) is 85.2 Å². The number of hydrogen-bond donors (Lipinski definition) is 2. The molecule has 0 saturated heterocycles. The number of rotatable bonds is 6. The Balaban J connectivity index is 0. The van der Waals surface area contributed by atoms with Crippen molar-refractivity contribution in [3.05, 3.63) is 12.2 Å². The molecule has 0 spiro atoms. The first-order valence-corrected chi connectivity index (χ1v) is 5.16. The molecule has 0 radical (unpaired) electrons. The molecule has 6 heteroatoms. The standard InChI is InChI=1S/C6H14O3.C5H8O3/c1-5(8)4-9-6(2)3-7;1-4(2)5(6)8-7-3/h5-8H,3-4H2,1-2H3;1H2,2-3H3. The Bertz CT molecular complexity index is 214. The summed E-state index contributed by atoms with van der Waals surface area (Å²) < 4.78 is 4.95. The fourth-order valence-electron chi connectivity index (χ4n) is 0.503. The highest BCUT2D eigenvalue weighted by molar-refractivity contribution is 5.86. The third kappa shape index (κ3) is 15.1. The fraction of sp³-hybridized carbons (Fsp3) is 0.727. The molecule has 0 bridgehead atoms. The highest BCUT2D eigenvalue weighted by atomic mass is 17.2. The second-order valence-electron chi connectivity index (χ2n) is 3.49. The zero-order chi connectivity index (χ0) is 13.8. The molecule has 0 heterocycles. The molecule has 0 aliphatic carbocycles. The molecule has 0 saturated carbocycles. The molecule has 102 valence electrons. The molecule has 0 aromatic heterocycles. The summed E-state index contributed by atoms with van der Waals surface area (Å²) in [6.07, 6.45) is -0.612. The van der Waals surface area contributed by atoms with Gasteiger partial charge in [0, 0.05) is 5.57 Å². The Morgan fingerprint density at radius 1 is 1.41 bits per heavy atom. The first-order valence-electron chi connectivity index (χ1n) is 5.16. The Kier molecular flexibility index (Phi) is 12.5. The summed E-state index contributed by atoms with van der Waals surface area (Å²) in [5.74, 6) is -0.535. The van der Waals surface area contributed by atoms with Crippen LogP contribution in [0.5, 0.6) is 0 Å². The highest BCUT2D eigenvalue weighted by Gasteiger charge is 2.01. The fourth-order valence-corrected chi connectivity index (χ4v) is 0.503. The van der Waals surface area contributed by atoms with Gasteiger partial charge in [-0.05, 0) is 20.8 Å². The lowest BCUT2D eigenvalue weighted by molar-refractivity contribution is -0.250. The van der Waals surface area contributed by atoms with Gasteiger partial charge in [-0.25, -0.2) is 4.79 Å². The predicted molar refractivity (Wildman–Crippen MR) is 62.1 cm³/mol. The lowest BCUT2D eigenvalue weighted by atomic mass is 10.4. The zero-order valence-electron chi connectivity index (χ0n) is 10.8. The maximum atomic E-state index is 10.3. The predicted octanol–water partition coefficient (Wildman–Crippen LogP) is 0.432. The molecule has 0 aromatic carbocycles. The van der Waals surface area contributed by atoms with E-state index in [4.69, 9.17) is 14.9 Å². The van der Waals surface area contributed by atoms with E-state index in [1.807, 2.05) is 0 Å². The van der Waals surface area contributed by atoms with E-state index in [2.05, 4.69) is 16.4 Å². The van der Waals surface area contributed by atoms with Crippen molar-refractivity contribution in [3.63, 3.8) is 0 Å². The maximum absolute atomic E-state index is 10.3.